The Morgan fingerprint density at radius 2 is 1.79 bits per heavy atom. The quantitative estimate of drug-likeness (QED) is 0.831. The molecule has 0 spiro atoms. The van der Waals surface area contributed by atoms with E-state index in [1.807, 2.05) is 26.0 Å². The molecule has 130 valence electrons. The molecule has 2 unspecified atom stereocenters. The van der Waals surface area contributed by atoms with Crippen molar-refractivity contribution in [2.45, 2.75) is 40.5 Å². The Morgan fingerprint density at radius 1 is 1.21 bits per heavy atom. The second-order valence-electron chi connectivity index (χ2n) is 7.44. The molecule has 0 aliphatic carbocycles. The predicted molar refractivity (Wildman–Crippen MR) is 97.9 cm³/mol. The van der Waals surface area contributed by atoms with Crippen LogP contribution in [0.15, 0.2) is 18.2 Å². The lowest BCUT2D eigenvalue weighted by Crippen LogP contribution is -2.46. The van der Waals surface area contributed by atoms with Crippen molar-refractivity contribution in [2.24, 2.45) is 11.8 Å². The monoisotopic (exact) mass is 327 g/mol. The number of anilines is 1. The van der Waals surface area contributed by atoms with Gasteiger partial charge < -0.3 is 4.90 Å². The van der Waals surface area contributed by atoms with E-state index in [1.54, 1.807) is 4.90 Å². The van der Waals surface area contributed by atoms with Gasteiger partial charge in [-0.15, -0.1) is 0 Å². The number of nitrogens with zero attached hydrogens (tertiary/aromatic N) is 3. The van der Waals surface area contributed by atoms with Crippen LogP contribution in [-0.4, -0.2) is 37.0 Å². The molecule has 0 saturated carbocycles. The minimum atomic E-state index is 0.0940. The normalized spacial score (nSPS) is 21.3. The summed E-state index contributed by atoms with van der Waals surface area (Å²) in [7, 11) is 0. The average molecular weight is 327 g/mol. The molecule has 2 atom stereocenters. The Hall–Kier alpha value is -1.86. The zero-order valence-electron chi connectivity index (χ0n) is 15.4. The van der Waals surface area contributed by atoms with E-state index in [-0.39, 0.29) is 5.91 Å². The molecule has 1 aliphatic rings. The van der Waals surface area contributed by atoms with Gasteiger partial charge in [-0.2, -0.15) is 5.26 Å². The largest absolute Gasteiger partial charge is 0.310 e. The molecule has 1 aromatic rings. The molecule has 1 aliphatic heterocycles. The van der Waals surface area contributed by atoms with Gasteiger partial charge in [-0.1, -0.05) is 19.9 Å². The highest BCUT2D eigenvalue weighted by Gasteiger charge is 2.25. The molecular formula is C20H29N3O. The third-order valence-corrected chi connectivity index (χ3v) is 4.57. The van der Waals surface area contributed by atoms with Crippen LogP contribution in [0.4, 0.5) is 5.69 Å². The van der Waals surface area contributed by atoms with Crippen LogP contribution in [0, 0.1) is 37.0 Å². The highest BCUT2D eigenvalue weighted by atomic mass is 16.2. The minimum Gasteiger partial charge on any atom is -0.310 e. The maximum atomic E-state index is 12.9. The SMILES string of the molecule is Cc1cc(C)cc(N(CCC#N)C(=O)CN2CC(C)CC(C)C2)c1. The Balaban J connectivity index is 2.14. The lowest BCUT2D eigenvalue weighted by Gasteiger charge is -2.35. The molecule has 4 heteroatoms. The van der Waals surface area contributed by atoms with E-state index in [1.165, 1.54) is 6.42 Å². The van der Waals surface area contributed by atoms with Crippen molar-refractivity contribution in [2.75, 3.05) is 31.1 Å². The van der Waals surface area contributed by atoms with Crippen LogP contribution in [0.5, 0.6) is 0 Å². The number of nitriles is 1. The van der Waals surface area contributed by atoms with Crippen LogP contribution in [0.2, 0.25) is 0 Å². The van der Waals surface area contributed by atoms with Crippen LogP contribution in [0.3, 0.4) is 0 Å². The van der Waals surface area contributed by atoms with E-state index >= 15 is 0 Å². The van der Waals surface area contributed by atoms with Gasteiger partial charge in [-0.3, -0.25) is 9.69 Å². The van der Waals surface area contributed by atoms with Gasteiger partial charge in [0.05, 0.1) is 19.0 Å². The van der Waals surface area contributed by atoms with Crippen molar-refractivity contribution < 1.29 is 4.79 Å². The lowest BCUT2D eigenvalue weighted by molar-refractivity contribution is -0.120. The van der Waals surface area contributed by atoms with Gasteiger partial charge in [0.15, 0.2) is 0 Å². The number of aryl methyl sites for hydroxylation is 2. The number of amides is 1. The summed E-state index contributed by atoms with van der Waals surface area (Å²) < 4.78 is 0. The minimum absolute atomic E-state index is 0.0940. The molecular weight excluding hydrogens is 298 g/mol. The smallest absolute Gasteiger partial charge is 0.241 e. The summed E-state index contributed by atoms with van der Waals surface area (Å²) in [5, 5.41) is 8.95. The van der Waals surface area contributed by atoms with E-state index in [9.17, 15) is 4.79 Å². The fourth-order valence-corrected chi connectivity index (χ4v) is 3.86. The van der Waals surface area contributed by atoms with Crippen LogP contribution < -0.4 is 4.90 Å². The third-order valence-electron chi connectivity index (χ3n) is 4.57. The van der Waals surface area contributed by atoms with Gasteiger partial charge in [0, 0.05) is 25.3 Å². The summed E-state index contributed by atoms with van der Waals surface area (Å²) in [6.07, 6.45) is 1.59. The summed E-state index contributed by atoms with van der Waals surface area (Å²) in [4.78, 5) is 17.0. The second kappa shape index (κ2) is 8.30. The first kappa shape index (κ1) is 18.5. The molecule has 1 amide bonds. The van der Waals surface area contributed by atoms with E-state index < -0.39 is 0 Å². The number of carbonyl (C=O) groups excluding carboxylic acids is 1. The van der Waals surface area contributed by atoms with Crippen molar-refractivity contribution in [3.8, 4) is 6.07 Å². The van der Waals surface area contributed by atoms with Gasteiger partial charge in [0.2, 0.25) is 5.91 Å². The molecule has 2 rings (SSSR count). The van der Waals surface area contributed by atoms with Crippen molar-refractivity contribution in [3.63, 3.8) is 0 Å². The highest BCUT2D eigenvalue weighted by Crippen LogP contribution is 2.23. The lowest BCUT2D eigenvalue weighted by atomic mass is 9.92. The Kier molecular flexibility index (Phi) is 6.39. The van der Waals surface area contributed by atoms with E-state index in [4.69, 9.17) is 5.26 Å². The molecule has 1 fully saturated rings. The predicted octanol–water partition coefficient (Wildman–Crippen LogP) is 3.53. The Labute approximate surface area is 146 Å². The molecule has 4 nitrogen and oxygen atoms in total. The van der Waals surface area contributed by atoms with E-state index in [0.29, 0.717) is 31.3 Å². The fraction of sp³-hybridized carbons (Fsp3) is 0.600. The maximum Gasteiger partial charge on any atom is 0.241 e. The first-order valence-corrected chi connectivity index (χ1v) is 8.87. The number of hydrogen-bond acceptors (Lipinski definition) is 3. The number of likely N-dealkylation sites (tertiary alicyclic amines) is 1. The first-order chi connectivity index (χ1) is 11.4. The molecule has 1 heterocycles. The summed E-state index contributed by atoms with van der Waals surface area (Å²) in [6.45, 7) is 11.4. The van der Waals surface area contributed by atoms with Crippen molar-refractivity contribution in [3.05, 3.63) is 29.3 Å². The topological polar surface area (TPSA) is 47.3 Å². The number of rotatable bonds is 5. The zero-order chi connectivity index (χ0) is 17.7. The van der Waals surface area contributed by atoms with E-state index in [0.717, 1.165) is 29.9 Å². The fourth-order valence-electron chi connectivity index (χ4n) is 3.86. The summed E-state index contributed by atoms with van der Waals surface area (Å²) in [5.41, 5.74) is 3.19. The number of piperidine rings is 1. The molecule has 0 N–H and O–H groups in total. The number of benzene rings is 1. The zero-order valence-corrected chi connectivity index (χ0v) is 15.4. The molecule has 0 radical (unpaired) electrons. The Bertz CT molecular complexity index is 590. The molecule has 1 saturated heterocycles. The molecule has 0 bridgehead atoms. The van der Waals surface area contributed by atoms with Crippen molar-refractivity contribution in [1.82, 2.24) is 4.90 Å². The number of hydrogen-bond donors (Lipinski definition) is 0. The van der Waals surface area contributed by atoms with Crippen LogP contribution in [0.25, 0.3) is 0 Å². The van der Waals surface area contributed by atoms with Gasteiger partial charge in [0.25, 0.3) is 0 Å². The highest BCUT2D eigenvalue weighted by molar-refractivity contribution is 5.95. The molecule has 1 aromatic carbocycles. The molecule has 0 aromatic heterocycles. The Morgan fingerprint density at radius 3 is 2.33 bits per heavy atom. The first-order valence-electron chi connectivity index (χ1n) is 8.87. The summed E-state index contributed by atoms with van der Waals surface area (Å²) in [5.74, 6) is 1.36. The summed E-state index contributed by atoms with van der Waals surface area (Å²) >= 11 is 0. The standard InChI is InChI=1S/C20H29N3O/c1-15-8-16(2)11-19(10-15)23(7-5-6-21)20(24)14-22-12-17(3)9-18(4)13-22/h8,10-11,17-18H,5,7,9,12-14H2,1-4H3. The molecule has 24 heavy (non-hydrogen) atoms. The average Bonchev–Trinajstić information content (AvgIpc) is 2.45. The van der Waals surface area contributed by atoms with Crippen molar-refractivity contribution in [1.29, 1.82) is 5.26 Å². The van der Waals surface area contributed by atoms with Gasteiger partial charge in [-0.25, -0.2) is 0 Å². The second-order valence-corrected chi connectivity index (χ2v) is 7.44. The third kappa shape index (κ3) is 5.07. The van der Waals surface area contributed by atoms with Gasteiger partial charge >= 0.3 is 0 Å². The van der Waals surface area contributed by atoms with E-state index in [2.05, 4.69) is 30.9 Å². The summed E-state index contributed by atoms with van der Waals surface area (Å²) in [6, 6.07) is 8.33. The maximum absolute atomic E-state index is 12.9. The van der Waals surface area contributed by atoms with Crippen molar-refractivity contribution >= 4 is 11.6 Å². The number of carbonyl (C=O) groups is 1. The van der Waals surface area contributed by atoms with Crippen LogP contribution >= 0.6 is 0 Å². The van der Waals surface area contributed by atoms with Crippen LogP contribution in [0.1, 0.15) is 37.8 Å². The van der Waals surface area contributed by atoms with Crippen LogP contribution in [-0.2, 0) is 4.79 Å². The van der Waals surface area contributed by atoms with Gasteiger partial charge in [0.1, 0.15) is 0 Å². The van der Waals surface area contributed by atoms with Gasteiger partial charge in [-0.05, 0) is 55.4 Å².